The first kappa shape index (κ1) is 17.3. The molecule has 9 heteroatoms. The van der Waals surface area contributed by atoms with Gasteiger partial charge in [0.25, 0.3) is 5.82 Å². The van der Waals surface area contributed by atoms with Crippen molar-refractivity contribution < 1.29 is 26.6 Å². The van der Waals surface area contributed by atoms with Gasteiger partial charge in [0.1, 0.15) is 0 Å². The van der Waals surface area contributed by atoms with Crippen molar-refractivity contribution >= 4 is 19.0 Å². The number of carbonyl (C=O) groups excluding carboxylic acids is 1. The highest BCUT2D eigenvalue weighted by Gasteiger charge is 2.29. The maximum absolute atomic E-state index is 11.4. The van der Waals surface area contributed by atoms with Crippen LogP contribution in [0.25, 0.3) is 0 Å². The van der Waals surface area contributed by atoms with E-state index < -0.39 is 7.25 Å². The van der Waals surface area contributed by atoms with Gasteiger partial charge in [0.05, 0.1) is 12.7 Å². The second-order valence-electron chi connectivity index (χ2n) is 4.82. The molecular weight excluding hydrogens is 289 g/mol. The summed E-state index contributed by atoms with van der Waals surface area (Å²) in [4.78, 5) is 13.2. The highest BCUT2D eigenvalue weighted by molar-refractivity contribution is 6.50. The van der Waals surface area contributed by atoms with Crippen molar-refractivity contribution in [2.75, 3.05) is 18.9 Å². The molecule has 1 atom stereocenters. The van der Waals surface area contributed by atoms with Gasteiger partial charge in [0.15, 0.2) is 6.17 Å². The molecule has 1 N–H and O–H groups in total. The Morgan fingerprint density at radius 2 is 2.00 bits per heavy atom. The molecule has 1 aliphatic rings. The molecule has 2 heterocycles. The van der Waals surface area contributed by atoms with E-state index in [1.54, 1.807) is 11.8 Å². The monoisotopic (exact) mass is 307 g/mol. The van der Waals surface area contributed by atoms with E-state index in [-0.39, 0.29) is 12.1 Å². The highest BCUT2D eigenvalue weighted by atomic mass is 19.5. The van der Waals surface area contributed by atoms with Crippen LogP contribution in [0.4, 0.5) is 23.1 Å². The summed E-state index contributed by atoms with van der Waals surface area (Å²) in [5, 5.41) is 3.35. The van der Waals surface area contributed by atoms with Crippen molar-refractivity contribution in [3.63, 3.8) is 0 Å². The van der Waals surface area contributed by atoms with Gasteiger partial charge in [-0.15, -0.1) is 0 Å². The number of pyridine rings is 1. The predicted molar refractivity (Wildman–Crippen MR) is 72.1 cm³/mol. The summed E-state index contributed by atoms with van der Waals surface area (Å²) in [6.45, 7) is 4.59. The lowest BCUT2D eigenvalue weighted by molar-refractivity contribution is -0.730. The molecule has 0 spiro atoms. The SMILES string of the molecule is CC(=O)N(C)C1CCNc2cc(C)cc[n+]21.F[B-](F)(F)F. The minimum absolute atomic E-state index is 0.103. The van der Waals surface area contributed by atoms with Crippen LogP contribution >= 0.6 is 0 Å². The van der Waals surface area contributed by atoms with Crippen molar-refractivity contribution in [2.45, 2.75) is 26.4 Å². The minimum atomic E-state index is -6.00. The molecule has 4 nitrogen and oxygen atoms in total. The van der Waals surface area contributed by atoms with E-state index in [2.05, 4.69) is 28.9 Å². The number of hydrogen-bond acceptors (Lipinski definition) is 2. The third-order valence-electron chi connectivity index (χ3n) is 3.11. The summed E-state index contributed by atoms with van der Waals surface area (Å²) >= 11 is 0. The fourth-order valence-electron chi connectivity index (χ4n) is 2.08. The number of amides is 1. The van der Waals surface area contributed by atoms with Crippen LogP contribution in [0.2, 0.25) is 0 Å². The average Bonchev–Trinajstić information content (AvgIpc) is 2.34. The maximum atomic E-state index is 11.4. The molecule has 0 aromatic carbocycles. The Morgan fingerprint density at radius 3 is 2.52 bits per heavy atom. The van der Waals surface area contributed by atoms with Crippen LogP contribution in [0.3, 0.4) is 0 Å². The van der Waals surface area contributed by atoms with E-state index in [1.807, 2.05) is 13.2 Å². The first-order valence-electron chi connectivity index (χ1n) is 6.46. The van der Waals surface area contributed by atoms with E-state index in [9.17, 15) is 22.1 Å². The van der Waals surface area contributed by atoms with Gasteiger partial charge in [-0.05, 0) is 18.6 Å². The Balaban J connectivity index is 0.000000383. The van der Waals surface area contributed by atoms with E-state index in [4.69, 9.17) is 0 Å². The largest absolute Gasteiger partial charge is 0.673 e. The summed E-state index contributed by atoms with van der Waals surface area (Å²) in [6.07, 6.45) is 3.12. The molecule has 0 saturated heterocycles. The number of fused-ring (bicyclic) bond motifs is 1. The van der Waals surface area contributed by atoms with Crippen molar-refractivity contribution in [1.29, 1.82) is 0 Å². The third-order valence-corrected chi connectivity index (χ3v) is 3.11. The molecule has 118 valence electrons. The number of aryl methyl sites for hydroxylation is 1. The topological polar surface area (TPSA) is 36.2 Å². The molecule has 1 aliphatic heterocycles. The van der Waals surface area contributed by atoms with Crippen LogP contribution in [0.15, 0.2) is 18.3 Å². The van der Waals surface area contributed by atoms with E-state index >= 15 is 0 Å². The number of rotatable bonds is 1. The van der Waals surface area contributed by atoms with Gasteiger partial charge in [0.2, 0.25) is 5.91 Å². The number of nitrogens with zero attached hydrogens (tertiary/aromatic N) is 2. The van der Waals surface area contributed by atoms with Crippen LogP contribution in [-0.4, -0.2) is 31.7 Å². The molecular formula is C12H18BF4N3O. The highest BCUT2D eigenvalue weighted by Crippen LogP contribution is 2.18. The molecule has 1 unspecified atom stereocenters. The Hall–Kier alpha value is -1.80. The lowest BCUT2D eigenvalue weighted by atomic mass is 10.2. The molecule has 1 aromatic heterocycles. The molecule has 21 heavy (non-hydrogen) atoms. The van der Waals surface area contributed by atoms with Crippen LogP contribution in [0, 0.1) is 6.92 Å². The standard InChI is InChI=1S/C12H17N3O.BF4/c1-9-5-7-15-11(8-9)13-6-4-12(15)14(3)10(2)16;2-1(3,4)5/h5,7-8,12H,4,6H2,1-3H3;/q;-1/p+1. The van der Waals surface area contributed by atoms with Gasteiger partial charge in [-0.3, -0.25) is 10.1 Å². The second-order valence-corrected chi connectivity index (χ2v) is 4.82. The zero-order valence-corrected chi connectivity index (χ0v) is 12.1. The lowest BCUT2D eigenvalue weighted by Gasteiger charge is -2.29. The third kappa shape index (κ3) is 5.60. The van der Waals surface area contributed by atoms with Gasteiger partial charge < -0.3 is 22.2 Å². The van der Waals surface area contributed by atoms with Crippen molar-refractivity contribution in [3.8, 4) is 0 Å². The Morgan fingerprint density at radius 1 is 1.43 bits per heavy atom. The maximum Gasteiger partial charge on any atom is 0.673 e. The molecule has 0 bridgehead atoms. The first-order valence-corrected chi connectivity index (χ1v) is 6.46. The van der Waals surface area contributed by atoms with Gasteiger partial charge in [-0.2, -0.15) is 0 Å². The van der Waals surface area contributed by atoms with E-state index in [1.165, 1.54) is 5.56 Å². The van der Waals surface area contributed by atoms with Crippen LogP contribution in [-0.2, 0) is 4.79 Å². The van der Waals surface area contributed by atoms with Crippen molar-refractivity contribution in [2.24, 2.45) is 0 Å². The fourth-order valence-corrected chi connectivity index (χ4v) is 2.08. The Labute approximate surface area is 120 Å². The molecule has 0 radical (unpaired) electrons. The number of hydrogen-bond donors (Lipinski definition) is 1. The molecule has 0 saturated carbocycles. The summed E-state index contributed by atoms with van der Waals surface area (Å²) in [5.74, 6) is 1.19. The van der Waals surface area contributed by atoms with Gasteiger partial charge >= 0.3 is 7.25 Å². The quantitative estimate of drug-likeness (QED) is 0.491. The van der Waals surface area contributed by atoms with Crippen molar-refractivity contribution in [1.82, 2.24) is 4.90 Å². The molecule has 0 aliphatic carbocycles. The summed E-state index contributed by atoms with van der Waals surface area (Å²) < 4.78 is 41.1. The second kappa shape index (κ2) is 6.77. The molecule has 1 amide bonds. The van der Waals surface area contributed by atoms with E-state index in [0.717, 1.165) is 18.8 Å². The number of carbonyl (C=O) groups is 1. The van der Waals surface area contributed by atoms with Crippen molar-refractivity contribution in [3.05, 3.63) is 23.9 Å². The molecule has 2 rings (SSSR count). The van der Waals surface area contributed by atoms with Crippen LogP contribution in [0.1, 0.15) is 25.1 Å². The Kier molecular flexibility index (Phi) is 5.57. The molecule has 0 fully saturated rings. The number of aromatic nitrogens is 1. The average molecular weight is 307 g/mol. The van der Waals surface area contributed by atoms with Crippen LogP contribution < -0.4 is 9.88 Å². The summed E-state index contributed by atoms with van der Waals surface area (Å²) in [7, 11) is -4.14. The normalized spacial score (nSPS) is 17.0. The van der Waals surface area contributed by atoms with Gasteiger partial charge in [-0.1, -0.05) is 0 Å². The van der Waals surface area contributed by atoms with Gasteiger partial charge in [0, 0.05) is 26.5 Å². The smallest absolute Gasteiger partial charge is 0.418 e. The number of anilines is 1. The Bertz CT molecular complexity index is 504. The summed E-state index contributed by atoms with van der Waals surface area (Å²) in [6, 6.07) is 4.18. The first-order chi connectivity index (χ1) is 9.59. The number of halogens is 4. The number of nitrogens with one attached hydrogen (secondary N) is 1. The predicted octanol–water partition coefficient (Wildman–Crippen LogP) is 2.38. The summed E-state index contributed by atoms with van der Waals surface area (Å²) in [5.41, 5.74) is 1.23. The van der Waals surface area contributed by atoms with E-state index in [0.29, 0.717) is 0 Å². The fraction of sp³-hybridized carbons (Fsp3) is 0.500. The lowest BCUT2D eigenvalue weighted by Crippen LogP contribution is -2.54. The minimum Gasteiger partial charge on any atom is -0.418 e. The van der Waals surface area contributed by atoms with Gasteiger partial charge in [-0.25, -0.2) is 4.57 Å². The zero-order valence-electron chi connectivity index (χ0n) is 12.1. The van der Waals surface area contributed by atoms with Crippen LogP contribution in [0.5, 0.6) is 0 Å². The zero-order chi connectivity index (χ0) is 16.2. The molecule has 1 aromatic rings.